The van der Waals surface area contributed by atoms with Crippen molar-refractivity contribution in [2.24, 2.45) is 0 Å². The van der Waals surface area contributed by atoms with Crippen molar-refractivity contribution in [1.82, 2.24) is 19.7 Å². The lowest BCUT2D eigenvalue weighted by atomic mass is 10.1. The minimum absolute atomic E-state index is 0.180. The molecule has 1 aliphatic rings. The average molecular weight is 296 g/mol. The minimum atomic E-state index is 0.180. The van der Waals surface area contributed by atoms with Crippen molar-refractivity contribution in [1.29, 1.82) is 0 Å². The quantitative estimate of drug-likeness (QED) is 0.696. The molecule has 112 valence electrons. The minimum Gasteiger partial charge on any atom is -0.399 e. The Balaban J connectivity index is 1.95. The van der Waals surface area contributed by atoms with Gasteiger partial charge in [0.1, 0.15) is 17.8 Å². The van der Waals surface area contributed by atoms with Gasteiger partial charge in [-0.3, -0.25) is 0 Å². The van der Waals surface area contributed by atoms with Crippen molar-refractivity contribution in [3.05, 3.63) is 30.6 Å². The molecular formula is C15H16N6O. The molecule has 7 nitrogen and oxygen atoms in total. The molecule has 3 aromatic rings. The van der Waals surface area contributed by atoms with E-state index in [9.17, 15) is 0 Å². The number of nitrogens with two attached hydrogens (primary N) is 2. The molecule has 0 saturated carbocycles. The van der Waals surface area contributed by atoms with E-state index in [1.807, 2.05) is 28.9 Å². The fraction of sp³-hybridized carbons (Fsp3) is 0.267. The first-order valence-electron chi connectivity index (χ1n) is 7.16. The second-order valence-corrected chi connectivity index (χ2v) is 5.39. The molecule has 0 bridgehead atoms. The summed E-state index contributed by atoms with van der Waals surface area (Å²) in [5.74, 6) is 0.432. The maximum absolute atomic E-state index is 6.08. The van der Waals surface area contributed by atoms with Crippen molar-refractivity contribution < 1.29 is 4.74 Å². The molecule has 1 saturated heterocycles. The Morgan fingerprint density at radius 1 is 1.14 bits per heavy atom. The fourth-order valence-electron chi connectivity index (χ4n) is 2.81. The van der Waals surface area contributed by atoms with Crippen molar-refractivity contribution in [2.75, 3.05) is 24.7 Å². The van der Waals surface area contributed by atoms with E-state index in [2.05, 4.69) is 9.97 Å². The Morgan fingerprint density at radius 3 is 2.68 bits per heavy atom. The van der Waals surface area contributed by atoms with Crippen LogP contribution in [0, 0.1) is 0 Å². The van der Waals surface area contributed by atoms with Gasteiger partial charge in [-0.2, -0.15) is 5.10 Å². The maximum Gasteiger partial charge on any atom is 0.164 e. The number of fused-ring (bicyclic) bond motifs is 1. The van der Waals surface area contributed by atoms with Gasteiger partial charge in [0.2, 0.25) is 0 Å². The summed E-state index contributed by atoms with van der Waals surface area (Å²) in [5, 5.41) is 5.52. The Bertz CT molecular complexity index is 820. The molecule has 22 heavy (non-hydrogen) atoms. The van der Waals surface area contributed by atoms with Crippen LogP contribution in [0.1, 0.15) is 12.5 Å². The van der Waals surface area contributed by atoms with E-state index >= 15 is 0 Å². The Labute approximate surface area is 126 Å². The summed E-state index contributed by atoms with van der Waals surface area (Å²) in [5.41, 5.74) is 15.0. The monoisotopic (exact) mass is 296 g/mol. The molecule has 1 atom stereocenters. The summed E-state index contributed by atoms with van der Waals surface area (Å²) in [6, 6.07) is 7.73. The van der Waals surface area contributed by atoms with Gasteiger partial charge < -0.3 is 16.2 Å². The number of anilines is 2. The highest BCUT2D eigenvalue weighted by atomic mass is 16.5. The van der Waals surface area contributed by atoms with Crippen molar-refractivity contribution in [3.8, 4) is 11.3 Å². The van der Waals surface area contributed by atoms with Gasteiger partial charge in [-0.1, -0.05) is 12.1 Å². The molecule has 0 aliphatic carbocycles. The molecule has 0 spiro atoms. The zero-order valence-corrected chi connectivity index (χ0v) is 11.9. The molecule has 0 unspecified atom stereocenters. The van der Waals surface area contributed by atoms with Gasteiger partial charge in [-0.15, -0.1) is 0 Å². The molecule has 2 aromatic heterocycles. The lowest BCUT2D eigenvalue weighted by Gasteiger charge is -2.08. The number of aromatic nitrogens is 4. The van der Waals surface area contributed by atoms with Crippen LogP contribution in [0.5, 0.6) is 0 Å². The lowest BCUT2D eigenvalue weighted by molar-refractivity contribution is 0.185. The molecule has 7 heteroatoms. The number of hydrogen-bond donors (Lipinski definition) is 2. The van der Waals surface area contributed by atoms with Gasteiger partial charge in [-0.25, -0.2) is 14.6 Å². The molecule has 1 fully saturated rings. The van der Waals surface area contributed by atoms with Crippen LogP contribution in [-0.4, -0.2) is 33.0 Å². The number of ether oxygens (including phenoxy) is 1. The number of nitrogens with zero attached hydrogens (tertiary/aromatic N) is 4. The van der Waals surface area contributed by atoms with Crippen LogP contribution in [0.15, 0.2) is 30.6 Å². The Hall–Kier alpha value is -2.67. The molecule has 4 rings (SSSR count). The number of rotatable bonds is 2. The second-order valence-electron chi connectivity index (χ2n) is 5.39. The summed E-state index contributed by atoms with van der Waals surface area (Å²) in [6.45, 7) is 1.38. The number of nitrogen functional groups attached to an aromatic ring is 2. The van der Waals surface area contributed by atoms with Crippen LogP contribution in [0.2, 0.25) is 0 Å². The molecule has 0 radical (unpaired) electrons. The van der Waals surface area contributed by atoms with Gasteiger partial charge in [0.05, 0.1) is 18.0 Å². The highest BCUT2D eigenvalue weighted by Gasteiger charge is 2.24. The van der Waals surface area contributed by atoms with Crippen LogP contribution < -0.4 is 11.5 Å². The molecule has 1 aliphatic heterocycles. The predicted molar refractivity (Wildman–Crippen MR) is 84.1 cm³/mol. The zero-order valence-electron chi connectivity index (χ0n) is 11.9. The van der Waals surface area contributed by atoms with Crippen LogP contribution in [0.4, 0.5) is 11.5 Å². The van der Waals surface area contributed by atoms with Crippen LogP contribution >= 0.6 is 0 Å². The predicted octanol–water partition coefficient (Wildman–Crippen LogP) is 1.62. The van der Waals surface area contributed by atoms with E-state index in [1.54, 1.807) is 0 Å². The molecule has 4 N–H and O–H groups in total. The van der Waals surface area contributed by atoms with Gasteiger partial charge in [0, 0.05) is 17.9 Å². The van der Waals surface area contributed by atoms with E-state index in [-0.39, 0.29) is 6.04 Å². The van der Waals surface area contributed by atoms with E-state index in [4.69, 9.17) is 21.3 Å². The highest BCUT2D eigenvalue weighted by Crippen LogP contribution is 2.33. The van der Waals surface area contributed by atoms with Crippen LogP contribution in [0.3, 0.4) is 0 Å². The summed E-state index contributed by atoms with van der Waals surface area (Å²) >= 11 is 0. The third-order valence-corrected chi connectivity index (χ3v) is 3.95. The molecular weight excluding hydrogens is 280 g/mol. The van der Waals surface area contributed by atoms with E-state index in [1.165, 1.54) is 6.33 Å². The van der Waals surface area contributed by atoms with Gasteiger partial charge >= 0.3 is 0 Å². The first kappa shape index (κ1) is 13.0. The van der Waals surface area contributed by atoms with E-state index < -0.39 is 0 Å². The topological polar surface area (TPSA) is 105 Å². The first-order chi connectivity index (χ1) is 10.7. The maximum atomic E-state index is 6.08. The SMILES string of the molecule is Nc1ccc(-c2nn([C@H]3CCOC3)c3ncnc(N)c23)cc1. The third kappa shape index (κ3) is 1.98. The lowest BCUT2D eigenvalue weighted by Crippen LogP contribution is -2.11. The van der Waals surface area contributed by atoms with Crippen LogP contribution in [0.25, 0.3) is 22.3 Å². The summed E-state index contributed by atoms with van der Waals surface area (Å²) in [4.78, 5) is 8.49. The fourth-order valence-corrected chi connectivity index (χ4v) is 2.81. The van der Waals surface area contributed by atoms with E-state index in [0.717, 1.165) is 35.3 Å². The second kappa shape index (κ2) is 4.96. The summed E-state index contributed by atoms with van der Waals surface area (Å²) in [6.07, 6.45) is 2.39. The van der Waals surface area contributed by atoms with Crippen molar-refractivity contribution >= 4 is 22.5 Å². The Morgan fingerprint density at radius 2 is 1.95 bits per heavy atom. The normalized spacial score (nSPS) is 18.1. The smallest absolute Gasteiger partial charge is 0.164 e. The first-order valence-corrected chi connectivity index (χ1v) is 7.16. The largest absolute Gasteiger partial charge is 0.399 e. The molecule has 3 heterocycles. The standard InChI is InChI=1S/C15H16N6O/c16-10-3-1-9(2-4-10)13-12-14(17)18-8-19-15(12)21(20-13)11-5-6-22-7-11/h1-4,8,11H,5-7,16H2,(H2,17,18,19)/t11-/m0/s1. The van der Waals surface area contributed by atoms with E-state index in [0.29, 0.717) is 18.1 Å². The van der Waals surface area contributed by atoms with Gasteiger partial charge in [0.25, 0.3) is 0 Å². The molecule has 0 amide bonds. The van der Waals surface area contributed by atoms with Crippen molar-refractivity contribution in [2.45, 2.75) is 12.5 Å². The van der Waals surface area contributed by atoms with Crippen LogP contribution in [-0.2, 0) is 4.74 Å². The molecule has 1 aromatic carbocycles. The highest BCUT2D eigenvalue weighted by molar-refractivity contribution is 5.98. The van der Waals surface area contributed by atoms with Crippen molar-refractivity contribution in [3.63, 3.8) is 0 Å². The average Bonchev–Trinajstić information content (AvgIpc) is 3.15. The summed E-state index contributed by atoms with van der Waals surface area (Å²) in [7, 11) is 0. The number of hydrogen-bond acceptors (Lipinski definition) is 6. The zero-order chi connectivity index (χ0) is 15.1. The van der Waals surface area contributed by atoms with Gasteiger partial charge in [-0.05, 0) is 18.6 Å². The summed E-state index contributed by atoms with van der Waals surface area (Å²) < 4.78 is 7.38. The Kier molecular flexibility index (Phi) is 2.93. The van der Waals surface area contributed by atoms with Gasteiger partial charge in [0.15, 0.2) is 5.65 Å². The third-order valence-electron chi connectivity index (χ3n) is 3.95. The number of benzene rings is 1.